The summed E-state index contributed by atoms with van der Waals surface area (Å²) in [5.41, 5.74) is -0.885. The summed E-state index contributed by atoms with van der Waals surface area (Å²) in [6.07, 6.45) is 3.12. The van der Waals surface area contributed by atoms with Crippen LogP contribution in [0.3, 0.4) is 0 Å². The molecule has 2 unspecified atom stereocenters. The van der Waals surface area contributed by atoms with Crippen LogP contribution in [0, 0.1) is 24.0 Å². The largest absolute Gasteiger partial charge is 0.508 e. The van der Waals surface area contributed by atoms with Crippen LogP contribution in [-0.4, -0.2) is 93.4 Å². The van der Waals surface area contributed by atoms with Crippen LogP contribution in [0.15, 0.2) is 24.3 Å². The van der Waals surface area contributed by atoms with Crippen molar-refractivity contribution in [2.45, 2.75) is 50.0 Å². The molecule has 0 radical (unpaired) electrons. The zero-order valence-corrected chi connectivity index (χ0v) is 26.2. The molecule has 0 saturated carbocycles. The average Bonchev–Trinajstić information content (AvgIpc) is 3.57. The van der Waals surface area contributed by atoms with Crippen LogP contribution in [0.2, 0.25) is 5.15 Å². The van der Waals surface area contributed by atoms with Gasteiger partial charge in [0.1, 0.15) is 40.4 Å². The number of hydrogen-bond acceptors (Lipinski definition) is 8. The second-order valence-electron chi connectivity index (χ2n) is 12.4. The number of phenolic OH excluding ortho intramolecular Hbond substituents is 1. The van der Waals surface area contributed by atoms with Gasteiger partial charge in [0.15, 0.2) is 5.82 Å². The van der Waals surface area contributed by atoms with E-state index in [1.54, 1.807) is 4.90 Å². The zero-order valence-electron chi connectivity index (χ0n) is 25.5. The maximum absolute atomic E-state index is 16.8. The van der Waals surface area contributed by atoms with Gasteiger partial charge in [-0.3, -0.25) is 4.79 Å². The Kier molecular flexibility index (Phi) is 7.95. The fraction of sp³-hybridized carbons (Fsp3) is 0.394. The Hall–Kier alpha value is -4.48. The van der Waals surface area contributed by atoms with Crippen molar-refractivity contribution in [3.8, 4) is 35.4 Å². The summed E-state index contributed by atoms with van der Waals surface area (Å²) < 4.78 is 78.0. The maximum Gasteiger partial charge on any atom is 0.471 e. The highest BCUT2D eigenvalue weighted by Crippen LogP contribution is 2.43. The van der Waals surface area contributed by atoms with Crippen LogP contribution in [-0.2, 0) is 4.79 Å². The predicted molar refractivity (Wildman–Crippen MR) is 168 cm³/mol. The minimum Gasteiger partial charge on any atom is -0.508 e. The van der Waals surface area contributed by atoms with Crippen LogP contribution < -0.4 is 9.64 Å². The molecular formula is C33H28ClF5N6O3. The minimum absolute atomic E-state index is 0.0222. The number of rotatable bonds is 5. The summed E-state index contributed by atoms with van der Waals surface area (Å²) >= 11 is 6.76. The number of phenols is 1. The summed E-state index contributed by atoms with van der Waals surface area (Å²) in [5, 5.41) is 10.7. The van der Waals surface area contributed by atoms with Gasteiger partial charge >= 0.3 is 18.1 Å². The third-order valence-corrected chi connectivity index (χ3v) is 9.76. The normalized spacial score (nSPS) is 21.3. The van der Waals surface area contributed by atoms with E-state index in [0.29, 0.717) is 18.2 Å². The lowest BCUT2D eigenvalue weighted by molar-refractivity contribution is -0.188. The van der Waals surface area contributed by atoms with E-state index in [0.717, 1.165) is 30.4 Å². The van der Waals surface area contributed by atoms with Gasteiger partial charge in [-0.15, -0.1) is 6.42 Å². The van der Waals surface area contributed by atoms with E-state index >= 15 is 4.39 Å². The third kappa shape index (κ3) is 5.38. The lowest BCUT2D eigenvalue weighted by Crippen LogP contribution is -2.59. The highest BCUT2D eigenvalue weighted by molar-refractivity contribution is 6.35. The molecule has 2 bridgehead atoms. The van der Waals surface area contributed by atoms with E-state index in [1.807, 2.05) is 7.05 Å². The number of aromatic hydroxyl groups is 1. The van der Waals surface area contributed by atoms with Crippen molar-refractivity contribution in [1.82, 2.24) is 24.8 Å². The summed E-state index contributed by atoms with van der Waals surface area (Å²) in [6, 6.07) is 3.39. The highest BCUT2D eigenvalue weighted by atomic mass is 35.5. The highest BCUT2D eigenvalue weighted by Gasteiger charge is 2.52. The molecule has 3 atom stereocenters. The quantitative estimate of drug-likeness (QED) is 0.163. The maximum atomic E-state index is 16.8. The van der Waals surface area contributed by atoms with Crippen molar-refractivity contribution in [1.29, 1.82) is 0 Å². The van der Waals surface area contributed by atoms with E-state index in [2.05, 4.69) is 25.8 Å². The Balaban J connectivity index is 1.39. The molecule has 9 nitrogen and oxygen atoms in total. The van der Waals surface area contributed by atoms with Crippen LogP contribution in [0.4, 0.5) is 27.8 Å². The molecule has 48 heavy (non-hydrogen) atoms. The van der Waals surface area contributed by atoms with E-state index in [-0.39, 0.29) is 81.6 Å². The topological polar surface area (TPSA) is 94.9 Å². The molecule has 7 rings (SSSR count). The van der Waals surface area contributed by atoms with E-state index in [1.165, 1.54) is 18.2 Å². The second-order valence-corrected chi connectivity index (χ2v) is 12.7. The Bertz CT molecular complexity index is 2010. The van der Waals surface area contributed by atoms with Gasteiger partial charge in [0.05, 0.1) is 23.0 Å². The van der Waals surface area contributed by atoms with Crippen molar-refractivity contribution >= 4 is 45.0 Å². The van der Waals surface area contributed by atoms with Gasteiger partial charge in [0, 0.05) is 30.1 Å². The fourth-order valence-corrected chi connectivity index (χ4v) is 7.49. The van der Waals surface area contributed by atoms with Crippen molar-refractivity contribution < 1.29 is 36.6 Å². The number of halogens is 6. The number of carbonyl (C=O) groups excluding carboxylic acids is 1. The first-order valence-electron chi connectivity index (χ1n) is 15.3. The number of alkyl halides is 3. The number of anilines is 1. The van der Waals surface area contributed by atoms with Gasteiger partial charge in [0.2, 0.25) is 0 Å². The van der Waals surface area contributed by atoms with Gasteiger partial charge in [-0.1, -0.05) is 23.6 Å². The number of hydrogen-bond donors (Lipinski definition) is 1. The Morgan fingerprint density at radius 3 is 2.48 bits per heavy atom. The second kappa shape index (κ2) is 11.9. The number of aromatic nitrogens is 3. The molecule has 4 aromatic rings. The Morgan fingerprint density at radius 2 is 1.83 bits per heavy atom. The first kappa shape index (κ1) is 32.1. The average molecular weight is 687 g/mol. The number of ether oxygens (including phenoxy) is 1. The zero-order chi connectivity index (χ0) is 34.1. The molecule has 5 heterocycles. The number of amides is 1. The molecular weight excluding hydrogens is 659 g/mol. The standard InChI is InChI=1S/C33H28ClF5N6O3/c1-3-21-23(35)9-6-16-11-20(46)12-22(24(16)21)27-26(36)28-25(29(34)40-27)30(42-32(41-28)48-15-19-5-4-10-43(19)2)44-13-17-7-8-18(14-44)45(17)31(47)33(37,38)39/h1,6,9,11-12,17-19,46H,4-5,7-8,10,13-15H2,2H3/t17?,18?,19-/m0/s1. The number of fused-ring (bicyclic) bond motifs is 4. The van der Waals surface area contributed by atoms with Crippen molar-refractivity contribution in [3.63, 3.8) is 0 Å². The van der Waals surface area contributed by atoms with E-state index < -0.39 is 35.8 Å². The minimum atomic E-state index is -5.02. The molecule has 3 aliphatic rings. The first-order chi connectivity index (χ1) is 22.8. The lowest BCUT2D eigenvalue weighted by Gasteiger charge is -2.42. The van der Waals surface area contributed by atoms with E-state index in [4.69, 9.17) is 22.8 Å². The number of terminal acetylenes is 1. The SMILES string of the molecule is C#Cc1c(F)ccc2cc(O)cc(-c3nc(Cl)c4c(N5CC6CCC(C5)N6C(=O)C(F)(F)F)nc(OC[C@@H]5CCCN5C)nc4c3F)c12. The molecule has 15 heteroatoms. The smallest absolute Gasteiger partial charge is 0.471 e. The fourth-order valence-electron chi connectivity index (χ4n) is 7.23. The van der Waals surface area contributed by atoms with Crippen molar-refractivity contribution in [3.05, 3.63) is 46.6 Å². The van der Waals surface area contributed by atoms with Gasteiger partial charge in [-0.2, -0.15) is 23.1 Å². The van der Waals surface area contributed by atoms with Crippen LogP contribution in [0.25, 0.3) is 32.9 Å². The van der Waals surface area contributed by atoms with Gasteiger partial charge < -0.3 is 24.5 Å². The molecule has 3 fully saturated rings. The van der Waals surface area contributed by atoms with Crippen LogP contribution in [0.1, 0.15) is 31.2 Å². The number of piperazine rings is 1. The number of pyridine rings is 1. The van der Waals surface area contributed by atoms with Crippen molar-refractivity contribution in [2.24, 2.45) is 0 Å². The molecule has 1 amide bonds. The number of likely N-dealkylation sites (tertiary alicyclic amines) is 1. The summed E-state index contributed by atoms with van der Waals surface area (Å²) in [6.45, 7) is 1.00. The molecule has 0 aliphatic carbocycles. The molecule has 3 aliphatic heterocycles. The molecule has 250 valence electrons. The summed E-state index contributed by atoms with van der Waals surface area (Å²) in [7, 11) is 1.95. The number of carbonyl (C=O) groups is 1. The molecule has 2 aromatic heterocycles. The van der Waals surface area contributed by atoms with Crippen LogP contribution in [0.5, 0.6) is 11.8 Å². The predicted octanol–water partition coefficient (Wildman–Crippen LogP) is 5.68. The third-order valence-electron chi connectivity index (χ3n) is 9.49. The Morgan fingerprint density at radius 1 is 1.10 bits per heavy atom. The van der Waals surface area contributed by atoms with E-state index in [9.17, 15) is 27.5 Å². The lowest BCUT2D eigenvalue weighted by atomic mass is 9.95. The van der Waals surface area contributed by atoms with Gasteiger partial charge in [0.25, 0.3) is 0 Å². The Labute approximate surface area is 276 Å². The number of benzene rings is 2. The van der Waals surface area contributed by atoms with Gasteiger partial charge in [-0.05, 0) is 62.9 Å². The first-order valence-corrected chi connectivity index (χ1v) is 15.7. The molecule has 0 spiro atoms. The van der Waals surface area contributed by atoms with Crippen LogP contribution >= 0.6 is 11.6 Å². The van der Waals surface area contributed by atoms with Crippen molar-refractivity contribution in [2.75, 3.05) is 38.2 Å². The molecule has 2 aromatic carbocycles. The van der Waals surface area contributed by atoms with Gasteiger partial charge in [-0.25, -0.2) is 13.8 Å². The summed E-state index contributed by atoms with van der Waals surface area (Å²) in [5.74, 6) is -1.52. The number of likely N-dealkylation sites (N-methyl/N-ethyl adjacent to an activating group) is 1. The molecule has 1 N–H and O–H groups in total. The monoisotopic (exact) mass is 686 g/mol. The number of nitrogens with zero attached hydrogens (tertiary/aromatic N) is 6. The summed E-state index contributed by atoms with van der Waals surface area (Å²) in [4.78, 5) is 30.2. The molecule has 3 saturated heterocycles.